The number of nitrogens with two attached hydrogens (primary N) is 1. The highest BCUT2D eigenvalue weighted by molar-refractivity contribution is 5.59. The number of aryl methyl sites for hydroxylation is 1. The second kappa shape index (κ2) is 5.18. The van der Waals surface area contributed by atoms with Crippen LogP contribution in [0.25, 0.3) is 0 Å². The maximum absolute atomic E-state index is 10.0. The van der Waals surface area contributed by atoms with Crippen molar-refractivity contribution in [3.8, 4) is 0 Å². The zero-order chi connectivity index (χ0) is 14.3. The second-order valence-corrected chi connectivity index (χ2v) is 5.91. The standard InChI is InChI=1S/C14H23N5O/c1-3-12-16-13(18-15)8(2)14(17-12)19-6-9-4-5-11(20)10(9)7-19/h9-11,20H,3-7,15H2,1-2H3,(H,16,17,18). The lowest BCUT2D eigenvalue weighted by atomic mass is 10.00. The summed E-state index contributed by atoms with van der Waals surface area (Å²) in [5.41, 5.74) is 3.65. The van der Waals surface area contributed by atoms with Crippen LogP contribution in [0.3, 0.4) is 0 Å². The Balaban J connectivity index is 1.91. The van der Waals surface area contributed by atoms with E-state index in [9.17, 15) is 5.11 Å². The molecule has 2 heterocycles. The van der Waals surface area contributed by atoms with Gasteiger partial charge in [-0.25, -0.2) is 15.8 Å². The third kappa shape index (κ3) is 2.13. The van der Waals surface area contributed by atoms with Crippen molar-refractivity contribution in [2.75, 3.05) is 23.4 Å². The molecule has 1 saturated heterocycles. The quantitative estimate of drug-likeness (QED) is 0.560. The van der Waals surface area contributed by atoms with E-state index in [0.29, 0.717) is 17.7 Å². The summed E-state index contributed by atoms with van der Waals surface area (Å²) in [5.74, 6) is 9.01. The predicted octanol–water partition coefficient (Wildman–Crippen LogP) is 0.840. The molecule has 1 aliphatic carbocycles. The van der Waals surface area contributed by atoms with Gasteiger partial charge in [0.2, 0.25) is 0 Å². The Kier molecular flexibility index (Phi) is 3.52. The molecular formula is C14H23N5O. The van der Waals surface area contributed by atoms with Gasteiger partial charge in [0.1, 0.15) is 17.5 Å². The summed E-state index contributed by atoms with van der Waals surface area (Å²) < 4.78 is 0. The summed E-state index contributed by atoms with van der Waals surface area (Å²) in [6, 6.07) is 0. The average Bonchev–Trinajstić information content (AvgIpc) is 3.02. The number of aromatic nitrogens is 2. The van der Waals surface area contributed by atoms with Gasteiger partial charge < -0.3 is 15.4 Å². The van der Waals surface area contributed by atoms with E-state index in [1.54, 1.807) is 0 Å². The number of fused-ring (bicyclic) bond motifs is 1. The lowest BCUT2D eigenvalue weighted by molar-refractivity contribution is 0.133. The summed E-state index contributed by atoms with van der Waals surface area (Å²) in [6.07, 6.45) is 2.70. The molecule has 110 valence electrons. The average molecular weight is 277 g/mol. The van der Waals surface area contributed by atoms with Crippen LogP contribution >= 0.6 is 0 Å². The molecule has 6 nitrogen and oxygen atoms in total. The molecule has 1 aromatic rings. The van der Waals surface area contributed by atoms with Crippen molar-refractivity contribution >= 4 is 11.6 Å². The number of anilines is 2. The molecule has 0 amide bonds. The van der Waals surface area contributed by atoms with Gasteiger partial charge in [0.25, 0.3) is 0 Å². The molecule has 6 heteroatoms. The summed E-state index contributed by atoms with van der Waals surface area (Å²) in [4.78, 5) is 11.4. The van der Waals surface area contributed by atoms with Crippen LogP contribution in [0.1, 0.15) is 31.2 Å². The van der Waals surface area contributed by atoms with E-state index < -0.39 is 0 Å². The van der Waals surface area contributed by atoms with Gasteiger partial charge in [-0.2, -0.15) is 0 Å². The van der Waals surface area contributed by atoms with Crippen molar-refractivity contribution in [1.82, 2.24) is 9.97 Å². The van der Waals surface area contributed by atoms with E-state index in [1.165, 1.54) is 0 Å². The Morgan fingerprint density at radius 3 is 2.80 bits per heavy atom. The topological polar surface area (TPSA) is 87.3 Å². The van der Waals surface area contributed by atoms with E-state index in [0.717, 1.165) is 49.6 Å². The first kappa shape index (κ1) is 13.6. The lowest BCUT2D eigenvalue weighted by Gasteiger charge is -2.23. The Morgan fingerprint density at radius 1 is 1.35 bits per heavy atom. The zero-order valence-electron chi connectivity index (χ0n) is 12.1. The van der Waals surface area contributed by atoms with Gasteiger partial charge in [-0.3, -0.25) is 0 Å². The first-order valence-corrected chi connectivity index (χ1v) is 7.41. The van der Waals surface area contributed by atoms with Crippen molar-refractivity contribution < 1.29 is 5.11 Å². The molecule has 0 aromatic carbocycles. The fraction of sp³-hybridized carbons (Fsp3) is 0.714. The molecule has 0 spiro atoms. The molecule has 4 N–H and O–H groups in total. The molecule has 3 atom stereocenters. The molecule has 2 aliphatic rings. The predicted molar refractivity (Wildman–Crippen MR) is 78.4 cm³/mol. The van der Waals surface area contributed by atoms with Crippen LogP contribution in [0, 0.1) is 18.8 Å². The van der Waals surface area contributed by atoms with E-state index in [-0.39, 0.29) is 6.10 Å². The summed E-state index contributed by atoms with van der Waals surface area (Å²) >= 11 is 0. The molecule has 3 unspecified atom stereocenters. The van der Waals surface area contributed by atoms with E-state index in [1.807, 2.05) is 13.8 Å². The van der Waals surface area contributed by atoms with Crippen molar-refractivity contribution in [1.29, 1.82) is 0 Å². The Hall–Kier alpha value is -1.40. The molecule has 20 heavy (non-hydrogen) atoms. The normalized spacial score (nSPS) is 28.8. The smallest absolute Gasteiger partial charge is 0.148 e. The van der Waals surface area contributed by atoms with Gasteiger partial charge >= 0.3 is 0 Å². The maximum Gasteiger partial charge on any atom is 0.148 e. The fourth-order valence-corrected chi connectivity index (χ4v) is 3.57. The van der Waals surface area contributed by atoms with Crippen molar-refractivity contribution in [3.63, 3.8) is 0 Å². The van der Waals surface area contributed by atoms with Crippen LogP contribution in [0.15, 0.2) is 0 Å². The highest BCUT2D eigenvalue weighted by Gasteiger charge is 2.42. The van der Waals surface area contributed by atoms with Crippen molar-refractivity contribution in [2.24, 2.45) is 17.7 Å². The molecule has 3 rings (SSSR count). The highest BCUT2D eigenvalue weighted by Crippen LogP contribution is 2.40. The molecule has 1 saturated carbocycles. The first-order valence-electron chi connectivity index (χ1n) is 7.41. The Labute approximate surface area is 119 Å². The van der Waals surface area contributed by atoms with Gasteiger partial charge in [0.05, 0.1) is 6.10 Å². The number of aliphatic hydroxyl groups is 1. The van der Waals surface area contributed by atoms with E-state index >= 15 is 0 Å². The van der Waals surface area contributed by atoms with Crippen LogP contribution in [0.5, 0.6) is 0 Å². The molecule has 1 aromatic heterocycles. The number of nitrogen functional groups attached to an aromatic ring is 1. The monoisotopic (exact) mass is 277 g/mol. The third-order valence-electron chi connectivity index (χ3n) is 4.74. The van der Waals surface area contributed by atoms with Crippen molar-refractivity contribution in [3.05, 3.63) is 11.4 Å². The first-order chi connectivity index (χ1) is 9.63. The van der Waals surface area contributed by atoms with E-state index in [4.69, 9.17) is 5.84 Å². The van der Waals surface area contributed by atoms with Gasteiger partial charge in [0, 0.05) is 31.0 Å². The maximum atomic E-state index is 10.0. The van der Waals surface area contributed by atoms with Crippen LogP contribution in [0.2, 0.25) is 0 Å². The molecule has 0 radical (unpaired) electrons. The minimum absolute atomic E-state index is 0.148. The Morgan fingerprint density at radius 2 is 2.15 bits per heavy atom. The molecule has 0 bridgehead atoms. The molecule has 2 fully saturated rings. The van der Waals surface area contributed by atoms with Gasteiger partial charge in [-0.15, -0.1) is 0 Å². The summed E-state index contributed by atoms with van der Waals surface area (Å²) in [7, 11) is 0. The number of aliphatic hydroxyl groups excluding tert-OH is 1. The van der Waals surface area contributed by atoms with Gasteiger partial charge in [0.15, 0.2) is 0 Å². The number of nitrogens with one attached hydrogen (secondary N) is 1. The summed E-state index contributed by atoms with van der Waals surface area (Å²) in [5, 5.41) is 10.0. The van der Waals surface area contributed by atoms with Gasteiger partial charge in [-0.1, -0.05) is 6.92 Å². The second-order valence-electron chi connectivity index (χ2n) is 5.91. The minimum Gasteiger partial charge on any atom is -0.393 e. The van der Waals surface area contributed by atoms with Crippen LogP contribution in [0.4, 0.5) is 11.6 Å². The van der Waals surface area contributed by atoms with E-state index in [2.05, 4.69) is 20.3 Å². The SMILES string of the molecule is CCc1nc(NN)c(C)c(N2CC3CCC(O)C3C2)n1. The van der Waals surface area contributed by atoms with Crippen LogP contribution in [-0.4, -0.2) is 34.3 Å². The number of hydrogen-bond donors (Lipinski definition) is 3. The Bertz CT molecular complexity index is 507. The molecular weight excluding hydrogens is 254 g/mol. The van der Waals surface area contributed by atoms with Gasteiger partial charge in [-0.05, 0) is 25.7 Å². The number of hydrazine groups is 1. The lowest BCUT2D eigenvalue weighted by Crippen LogP contribution is -2.27. The minimum atomic E-state index is -0.148. The zero-order valence-corrected chi connectivity index (χ0v) is 12.1. The fourth-order valence-electron chi connectivity index (χ4n) is 3.57. The number of nitrogens with zero attached hydrogens (tertiary/aromatic N) is 3. The third-order valence-corrected chi connectivity index (χ3v) is 4.74. The van der Waals surface area contributed by atoms with Crippen LogP contribution < -0.4 is 16.2 Å². The number of rotatable bonds is 3. The molecule has 1 aliphatic heterocycles. The highest BCUT2D eigenvalue weighted by atomic mass is 16.3. The number of hydrogen-bond acceptors (Lipinski definition) is 6. The van der Waals surface area contributed by atoms with Crippen LogP contribution in [-0.2, 0) is 6.42 Å². The van der Waals surface area contributed by atoms with Crippen molar-refractivity contribution in [2.45, 2.75) is 39.2 Å². The largest absolute Gasteiger partial charge is 0.393 e. The summed E-state index contributed by atoms with van der Waals surface area (Å²) in [6.45, 7) is 5.90.